The van der Waals surface area contributed by atoms with Crippen LogP contribution >= 0.6 is 0 Å². The quantitative estimate of drug-likeness (QED) is 0.170. The van der Waals surface area contributed by atoms with Gasteiger partial charge in [0.2, 0.25) is 5.91 Å². The highest BCUT2D eigenvalue weighted by Crippen LogP contribution is 2.74. The molecule has 4 saturated carbocycles. The van der Waals surface area contributed by atoms with Gasteiger partial charge in [0, 0.05) is 37.8 Å². The molecule has 4 aliphatic rings. The summed E-state index contributed by atoms with van der Waals surface area (Å²) in [4.78, 5) is 59.5. The van der Waals surface area contributed by atoms with Crippen molar-refractivity contribution >= 4 is 30.2 Å². The summed E-state index contributed by atoms with van der Waals surface area (Å²) >= 11 is 0. The maximum absolute atomic E-state index is 13.2. The van der Waals surface area contributed by atoms with Crippen LogP contribution in [0.25, 0.3) is 0 Å². The zero-order valence-corrected chi connectivity index (χ0v) is 23.7. The Morgan fingerprint density at radius 1 is 0.795 bits per heavy atom. The Labute approximate surface area is 231 Å². The van der Waals surface area contributed by atoms with E-state index in [1.807, 2.05) is 0 Å². The molecule has 0 saturated heterocycles. The van der Waals surface area contributed by atoms with Crippen LogP contribution < -0.4 is 10.6 Å². The normalized spacial score (nSPS) is 30.9. The van der Waals surface area contributed by atoms with Gasteiger partial charge in [-0.3, -0.25) is 14.4 Å². The van der Waals surface area contributed by atoms with Crippen molar-refractivity contribution in [1.82, 2.24) is 10.6 Å². The SMILES string of the molecule is CC(C)(C)OC(=O)NCCCCC(=O)NC12CC3(CCC=O)CC(CCC(=O)O)(CC(CCC(=O)O)(C3)C1)C2. The van der Waals surface area contributed by atoms with Crippen molar-refractivity contribution in [2.24, 2.45) is 16.2 Å². The van der Waals surface area contributed by atoms with Gasteiger partial charge in [-0.2, -0.15) is 0 Å². The molecule has 0 aromatic carbocycles. The third kappa shape index (κ3) is 8.42. The molecule has 4 aliphatic carbocycles. The minimum Gasteiger partial charge on any atom is -0.481 e. The number of aliphatic carboxylic acids is 2. The third-order valence-corrected chi connectivity index (χ3v) is 8.82. The number of carboxylic acids is 2. The van der Waals surface area contributed by atoms with Gasteiger partial charge in [-0.05, 0) is 108 Å². The maximum atomic E-state index is 13.2. The summed E-state index contributed by atoms with van der Waals surface area (Å²) in [6.07, 6.45) is 8.61. The van der Waals surface area contributed by atoms with E-state index >= 15 is 0 Å². The van der Waals surface area contributed by atoms with Crippen LogP contribution in [-0.2, 0) is 23.9 Å². The van der Waals surface area contributed by atoms with Crippen LogP contribution in [0.15, 0.2) is 0 Å². The lowest BCUT2D eigenvalue weighted by molar-refractivity contribution is -0.191. The first-order chi connectivity index (χ1) is 18.1. The molecular weight excluding hydrogens is 504 g/mol. The van der Waals surface area contributed by atoms with Gasteiger partial charge in [0.15, 0.2) is 0 Å². The van der Waals surface area contributed by atoms with Crippen LogP contribution in [0.4, 0.5) is 4.79 Å². The van der Waals surface area contributed by atoms with Gasteiger partial charge in [-0.15, -0.1) is 0 Å². The van der Waals surface area contributed by atoms with Crippen molar-refractivity contribution in [1.29, 1.82) is 0 Å². The second kappa shape index (κ2) is 11.8. The molecule has 0 heterocycles. The van der Waals surface area contributed by atoms with Crippen LogP contribution in [-0.4, -0.2) is 58.1 Å². The first-order valence-electron chi connectivity index (χ1n) is 14.3. The van der Waals surface area contributed by atoms with Gasteiger partial charge < -0.3 is 30.4 Å². The number of unbranched alkanes of at least 4 members (excludes halogenated alkanes) is 1. The molecule has 10 nitrogen and oxygen atoms in total. The first-order valence-corrected chi connectivity index (χ1v) is 14.3. The first kappa shape index (κ1) is 30.9. The Hall–Kier alpha value is -2.65. The second-order valence-electron chi connectivity index (χ2n) is 13.8. The van der Waals surface area contributed by atoms with Crippen molar-refractivity contribution in [3.05, 3.63) is 0 Å². The van der Waals surface area contributed by atoms with Crippen molar-refractivity contribution in [2.75, 3.05) is 6.54 Å². The lowest BCUT2D eigenvalue weighted by atomic mass is 9.35. The average Bonchev–Trinajstić information content (AvgIpc) is 2.78. The maximum Gasteiger partial charge on any atom is 0.407 e. The van der Waals surface area contributed by atoms with Crippen LogP contribution in [0.1, 0.15) is 117 Å². The van der Waals surface area contributed by atoms with E-state index in [0.717, 1.165) is 32.0 Å². The van der Waals surface area contributed by atoms with E-state index in [9.17, 15) is 34.2 Å². The van der Waals surface area contributed by atoms with E-state index in [-0.39, 0.29) is 35.0 Å². The predicted molar refractivity (Wildman–Crippen MR) is 143 cm³/mol. The van der Waals surface area contributed by atoms with E-state index in [4.69, 9.17) is 4.74 Å². The fourth-order valence-corrected chi connectivity index (χ4v) is 8.60. The van der Waals surface area contributed by atoms with Crippen molar-refractivity contribution in [3.63, 3.8) is 0 Å². The molecule has 2 amide bonds. The average molecular weight is 551 g/mol. The molecule has 4 fully saturated rings. The number of rotatable bonds is 15. The van der Waals surface area contributed by atoms with E-state index in [1.54, 1.807) is 20.8 Å². The molecule has 2 unspecified atom stereocenters. The van der Waals surface area contributed by atoms with Crippen molar-refractivity contribution < 1.29 is 38.9 Å². The van der Waals surface area contributed by atoms with Gasteiger partial charge in [-0.1, -0.05) is 0 Å². The summed E-state index contributed by atoms with van der Waals surface area (Å²) in [5.74, 6) is -1.79. The lowest BCUT2D eigenvalue weighted by Crippen LogP contribution is -2.69. The summed E-state index contributed by atoms with van der Waals surface area (Å²) in [6, 6.07) is 0. The summed E-state index contributed by atoms with van der Waals surface area (Å²) in [5, 5.41) is 25.0. The summed E-state index contributed by atoms with van der Waals surface area (Å²) < 4.78 is 5.23. The molecule has 2 atom stereocenters. The summed E-state index contributed by atoms with van der Waals surface area (Å²) in [7, 11) is 0. The fourth-order valence-electron chi connectivity index (χ4n) is 8.60. The monoisotopic (exact) mass is 550 g/mol. The molecular formula is C29H46N2O8. The topological polar surface area (TPSA) is 159 Å². The number of aldehydes is 1. The number of ether oxygens (including phenoxy) is 1. The van der Waals surface area contributed by atoms with Crippen molar-refractivity contribution in [2.45, 2.75) is 128 Å². The molecule has 0 aromatic heterocycles. The Morgan fingerprint density at radius 2 is 1.31 bits per heavy atom. The number of amides is 2. The highest BCUT2D eigenvalue weighted by Gasteiger charge is 2.67. The standard InChI is InChI=1S/C29H46N2O8/c1-25(2,3)39-24(38)30-13-5-4-7-21(33)31-29-18-26(10-6-14-32)15-27(19-29,11-8-22(34)35)17-28(16-26,20-29)12-9-23(36)37/h14H,4-13,15-20H2,1-3H3,(H,30,38)(H,31,33)(H,34,35)(H,36,37). The largest absolute Gasteiger partial charge is 0.481 e. The highest BCUT2D eigenvalue weighted by atomic mass is 16.6. The molecule has 0 aromatic rings. The van der Waals surface area contributed by atoms with Crippen LogP contribution in [0.5, 0.6) is 0 Å². The minimum absolute atomic E-state index is 0.0352. The molecule has 4 rings (SSSR count). The number of hydrogen-bond acceptors (Lipinski definition) is 6. The highest BCUT2D eigenvalue weighted by molar-refractivity contribution is 5.77. The van der Waals surface area contributed by atoms with Gasteiger partial charge in [0.05, 0.1) is 0 Å². The number of carbonyl (C=O) groups is 5. The van der Waals surface area contributed by atoms with Crippen molar-refractivity contribution in [3.8, 4) is 0 Å². The van der Waals surface area contributed by atoms with Crippen LogP contribution in [0.2, 0.25) is 0 Å². The van der Waals surface area contributed by atoms with Gasteiger partial charge in [0.1, 0.15) is 11.9 Å². The van der Waals surface area contributed by atoms with Crippen LogP contribution in [0.3, 0.4) is 0 Å². The molecule has 39 heavy (non-hydrogen) atoms. The van der Waals surface area contributed by atoms with Gasteiger partial charge in [0.25, 0.3) is 0 Å². The Bertz CT molecular complexity index is 921. The van der Waals surface area contributed by atoms with Gasteiger partial charge in [-0.25, -0.2) is 4.79 Å². The number of nitrogens with one attached hydrogen (secondary N) is 2. The number of hydrogen-bond donors (Lipinski definition) is 4. The minimum atomic E-state index is -0.856. The zero-order valence-electron chi connectivity index (χ0n) is 23.7. The molecule has 4 N–H and O–H groups in total. The lowest BCUT2D eigenvalue weighted by Gasteiger charge is -2.71. The molecule has 10 heteroatoms. The van der Waals surface area contributed by atoms with E-state index in [1.165, 1.54) is 0 Å². The number of carbonyl (C=O) groups excluding carboxylic acids is 3. The smallest absolute Gasteiger partial charge is 0.407 e. The molecule has 0 aliphatic heterocycles. The van der Waals surface area contributed by atoms with E-state index in [2.05, 4.69) is 10.6 Å². The molecule has 0 spiro atoms. The fraction of sp³-hybridized carbons (Fsp3) is 0.828. The zero-order chi connectivity index (χ0) is 29.0. The van der Waals surface area contributed by atoms with Gasteiger partial charge >= 0.3 is 18.0 Å². The summed E-state index contributed by atoms with van der Waals surface area (Å²) in [5.41, 5.74) is -1.90. The molecule has 220 valence electrons. The number of alkyl carbamates (subject to hydrolysis) is 1. The molecule has 0 radical (unpaired) electrons. The summed E-state index contributed by atoms with van der Waals surface area (Å²) in [6.45, 7) is 5.78. The second-order valence-corrected chi connectivity index (χ2v) is 13.8. The van der Waals surface area contributed by atoms with Crippen LogP contribution in [0, 0.1) is 16.2 Å². The Morgan fingerprint density at radius 3 is 1.77 bits per heavy atom. The predicted octanol–water partition coefficient (Wildman–Crippen LogP) is 4.59. The Balaban J connectivity index is 1.71. The molecule has 4 bridgehead atoms. The number of carboxylic acid groups (broad SMARTS) is 2. The Kier molecular flexibility index (Phi) is 9.38. The van der Waals surface area contributed by atoms with E-state index in [0.29, 0.717) is 64.3 Å². The third-order valence-electron chi connectivity index (χ3n) is 8.82. The van der Waals surface area contributed by atoms with E-state index < -0.39 is 29.2 Å².